The molecule has 0 aliphatic rings. The number of carbonyl (C=O) groups excluding carboxylic acids is 1. The van der Waals surface area contributed by atoms with Crippen molar-refractivity contribution in [1.29, 1.82) is 0 Å². The van der Waals surface area contributed by atoms with Gasteiger partial charge in [0, 0.05) is 6.42 Å². The van der Waals surface area contributed by atoms with Crippen LogP contribution in [0.25, 0.3) is 0 Å². The predicted octanol–water partition coefficient (Wildman–Crippen LogP) is 4.76. The standard InChI is InChI=1S/C19H32O3Si/c1-7-12-17(20)18(13-8-2)21-22-23(6,19(3,4)5)16-14-10-9-11-15-16/h9-11,14-15,18H,7-8,12-13H2,1-6H3. The summed E-state index contributed by atoms with van der Waals surface area (Å²) >= 11 is 0. The second kappa shape index (κ2) is 8.76. The Hall–Kier alpha value is -0.973. The van der Waals surface area contributed by atoms with E-state index in [0.29, 0.717) is 12.8 Å². The molecule has 0 aliphatic carbocycles. The molecule has 1 aromatic rings. The highest BCUT2D eigenvalue weighted by atomic mass is 28.4. The molecule has 0 bridgehead atoms. The van der Waals surface area contributed by atoms with Crippen LogP contribution in [0.3, 0.4) is 0 Å². The third kappa shape index (κ3) is 5.26. The predicted molar refractivity (Wildman–Crippen MR) is 98.2 cm³/mol. The van der Waals surface area contributed by atoms with Gasteiger partial charge < -0.3 is 0 Å². The van der Waals surface area contributed by atoms with Crippen molar-refractivity contribution in [2.75, 3.05) is 0 Å². The lowest BCUT2D eigenvalue weighted by molar-refractivity contribution is -0.252. The van der Waals surface area contributed by atoms with Crippen LogP contribution < -0.4 is 5.19 Å². The van der Waals surface area contributed by atoms with E-state index in [4.69, 9.17) is 9.46 Å². The van der Waals surface area contributed by atoms with E-state index in [9.17, 15) is 4.79 Å². The highest BCUT2D eigenvalue weighted by Gasteiger charge is 2.46. The van der Waals surface area contributed by atoms with Crippen LogP contribution in [-0.2, 0) is 14.3 Å². The molecule has 0 N–H and O–H groups in total. The molecule has 23 heavy (non-hydrogen) atoms. The lowest BCUT2D eigenvalue weighted by Crippen LogP contribution is -2.55. The monoisotopic (exact) mass is 336 g/mol. The van der Waals surface area contributed by atoms with Gasteiger partial charge in [0.25, 0.3) is 8.32 Å². The van der Waals surface area contributed by atoms with Crippen LogP contribution in [0.5, 0.6) is 0 Å². The minimum atomic E-state index is -2.36. The maximum absolute atomic E-state index is 12.2. The highest BCUT2D eigenvalue weighted by Crippen LogP contribution is 2.37. The van der Waals surface area contributed by atoms with E-state index in [0.717, 1.165) is 12.8 Å². The summed E-state index contributed by atoms with van der Waals surface area (Å²) in [5, 5.41) is 1.14. The molecule has 130 valence electrons. The van der Waals surface area contributed by atoms with Crippen LogP contribution in [0.4, 0.5) is 0 Å². The molecule has 0 saturated heterocycles. The molecule has 2 unspecified atom stereocenters. The van der Waals surface area contributed by atoms with Crippen molar-refractivity contribution in [1.82, 2.24) is 0 Å². The normalized spacial score (nSPS) is 15.9. The van der Waals surface area contributed by atoms with Crippen molar-refractivity contribution in [2.24, 2.45) is 0 Å². The van der Waals surface area contributed by atoms with Crippen molar-refractivity contribution >= 4 is 19.3 Å². The molecular weight excluding hydrogens is 304 g/mol. The second-order valence-electron chi connectivity index (χ2n) is 7.32. The van der Waals surface area contributed by atoms with Crippen LogP contribution in [0.2, 0.25) is 11.6 Å². The Bertz CT molecular complexity index is 481. The minimum Gasteiger partial charge on any atom is -0.297 e. The van der Waals surface area contributed by atoms with Gasteiger partial charge in [-0.15, -0.1) is 0 Å². The van der Waals surface area contributed by atoms with Crippen molar-refractivity contribution in [3.8, 4) is 0 Å². The van der Waals surface area contributed by atoms with Gasteiger partial charge in [0.1, 0.15) is 6.10 Å². The average molecular weight is 337 g/mol. The maximum Gasteiger partial charge on any atom is 0.272 e. The molecule has 4 heteroatoms. The molecule has 0 spiro atoms. The lowest BCUT2D eigenvalue weighted by atomic mass is 10.1. The highest BCUT2D eigenvalue weighted by molar-refractivity contribution is 6.87. The summed E-state index contributed by atoms with van der Waals surface area (Å²) in [6.45, 7) is 12.8. The summed E-state index contributed by atoms with van der Waals surface area (Å²) in [5.41, 5.74) is 0. The summed E-state index contributed by atoms with van der Waals surface area (Å²) in [6.07, 6.45) is 2.56. The number of hydrogen-bond acceptors (Lipinski definition) is 3. The third-order valence-corrected chi connectivity index (χ3v) is 9.22. The van der Waals surface area contributed by atoms with Crippen LogP contribution >= 0.6 is 0 Å². The minimum absolute atomic E-state index is 0.0427. The van der Waals surface area contributed by atoms with E-state index in [1.807, 2.05) is 25.1 Å². The van der Waals surface area contributed by atoms with Gasteiger partial charge in [0.15, 0.2) is 5.78 Å². The zero-order valence-corrected chi connectivity index (χ0v) is 16.5. The van der Waals surface area contributed by atoms with Crippen LogP contribution in [0.15, 0.2) is 30.3 Å². The molecule has 1 aromatic carbocycles. The lowest BCUT2D eigenvalue weighted by Gasteiger charge is -2.38. The van der Waals surface area contributed by atoms with E-state index in [1.165, 1.54) is 5.19 Å². The Labute approximate surface area is 142 Å². The van der Waals surface area contributed by atoms with Crippen LogP contribution in [-0.4, -0.2) is 20.2 Å². The number of rotatable bonds is 9. The summed E-state index contributed by atoms with van der Waals surface area (Å²) in [5.74, 6) is 0.146. The topological polar surface area (TPSA) is 35.5 Å². The Morgan fingerprint density at radius 2 is 1.74 bits per heavy atom. The number of ketones is 1. The van der Waals surface area contributed by atoms with E-state index >= 15 is 0 Å². The molecular formula is C19H32O3Si. The largest absolute Gasteiger partial charge is 0.297 e. The summed E-state index contributed by atoms with van der Waals surface area (Å²) in [6, 6.07) is 10.3. The van der Waals surface area contributed by atoms with Gasteiger partial charge >= 0.3 is 0 Å². The van der Waals surface area contributed by atoms with Gasteiger partial charge in [-0.1, -0.05) is 71.4 Å². The maximum atomic E-state index is 12.2. The number of carbonyl (C=O) groups is 1. The van der Waals surface area contributed by atoms with E-state index in [1.54, 1.807) is 0 Å². The molecule has 1 rings (SSSR count). The van der Waals surface area contributed by atoms with Gasteiger partial charge in [0.05, 0.1) is 0 Å². The van der Waals surface area contributed by atoms with Crippen molar-refractivity contribution in [2.45, 2.75) is 78.0 Å². The summed E-state index contributed by atoms with van der Waals surface area (Å²) in [7, 11) is -2.36. The molecule has 0 aromatic heterocycles. The molecule has 0 aliphatic heterocycles. The Kier molecular flexibility index (Phi) is 7.65. The quantitative estimate of drug-likeness (QED) is 0.371. The number of Topliss-reactive ketones (excluding diaryl/α,β-unsaturated/α-hetero) is 1. The molecule has 3 nitrogen and oxygen atoms in total. The fraction of sp³-hybridized carbons (Fsp3) is 0.632. The summed E-state index contributed by atoms with van der Waals surface area (Å²) < 4.78 is 6.08. The first-order valence-corrected chi connectivity index (χ1v) is 11.1. The number of benzene rings is 1. The van der Waals surface area contributed by atoms with Gasteiger partial charge in [-0.3, -0.25) is 9.37 Å². The van der Waals surface area contributed by atoms with Gasteiger partial charge in [-0.2, -0.15) is 0 Å². The van der Waals surface area contributed by atoms with Gasteiger partial charge in [-0.25, -0.2) is 4.89 Å². The van der Waals surface area contributed by atoms with Crippen molar-refractivity contribution in [3.05, 3.63) is 30.3 Å². The molecule has 0 amide bonds. The van der Waals surface area contributed by atoms with Crippen LogP contribution in [0, 0.1) is 0 Å². The first kappa shape index (κ1) is 20.1. The van der Waals surface area contributed by atoms with E-state index in [2.05, 4.69) is 46.4 Å². The SMILES string of the molecule is CCCC(=O)C(CCC)OO[Si](C)(c1ccccc1)C(C)(C)C. The molecule has 0 saturated carbocycles. The van der Waals surface area contributed by atoms with Gasteiger partial charge in [0.2, 0.25) is 0 Å². The van der Waals surface area contributed by atoms with Crippen molar-refractivity contribution in [3.63, 3.8) is 0 Å². The van der Waals surface area contributed by atoms with Gasteiger partial charge in [-0.05, 0) is 29.6 Å². The zero-order chi connectivity index (χ0) is 17.5. The Balaban J connectivity index is 2.96. The van der Waals surface area contributed by atoms with E-state index < -0.39 is 14.4 Å². The fourth-order valence-corrected chi connectivity index (χ4v) is 4.80. The molecule has 0 fully saturated rings. The van der Waals surface area contributed by atoms with Crippen molar-refractivity contribution < 1.29 is 14.3 Å². The van der Waals surface area contributed by atoms with Crippen LogP contribution in [0.1, 0.15) is 60.3 Å². The first-order valence-electron chi connectivity index (χ1n) is 8.69. The smallest absolute Gasteiger partial charge is 0.272 e. The van der Waals surface area contributed by atoms with E-state index in [-0.39, 0.29) is 10.8 Å². The first-order chi connectivity index (χ1) is 10.8. The third-order valence-electron chi connectivity index (χ3n) is 4.49. The molecule has 0 radical (unpaired) electrons. The fourth-order valence-electron chi connectivity index (χ4n) is 2.45. The Morgan fingerprint density at radius 1 is 1.13 bits per heavy atom. The molecule has 2 atom stereocenters. The Morgan fingerprint density at radius 3 is 2.22 bits per heavy atom. The number of hydrogen-bond donors (Lipinski definition) is 0. The second-order valence-corrected chi connectivity index (χ2v) is 11.6. The zero-order valence-electron chi connectivity index (χ0n) is 15.5. The molecule has 0 heterocycles. The summed E-state index contributed by atoms with van der Waals surface area (Å²) in [4.78, 5) is 18.0. The average Bonchev–Trinajstić information content (AvgIpc) is 2.51.